The molecule has 22 heavy (non-hydrogen) atoms. The van der Waals surface area contributed by atoms with Crippen molar-refractivity contribution in [3.05, 3.63) is 41.2 Å². The second kappa shape index (κ2) is 5.42. The second-order valence-electron chi connectivity index (χ2n) is 4.90. The van der Waals surface area contributed by atoms with Crippen molar-refractivity contribution in [2.45, 2.75) is 25.1 Å². The summed E-state index contributed by atoms with van der Waals surface area (Å²) in [6.07, 6.45) is -3.32. The van der Waals surface area contributed by atoms with Crippen LogP contribution in [0.1, 0.15) is 35.9 Å². The Morgan fingerprint density at radius 3 is 2.82 bits per heavy atom. The minimum absolute atomic E-state index is 0.0734. The van der Waals surface area contributed by atoms with Crippen LogP contribution in [0.25, 0.3) is 5.69 Å². The van der Waals surface area contributed by atoms with Crippen molar-refractivity contribution in [1.29, 1.82) is 5.26 Å². The quantitative estimate of drug-likeness (QED) is 0.855. The molecule has 2 aromatic rings. The Bertz CT molecular complexity index is 726. The van der Waals surface area contributed by atoms with Crippen LogP contribution in [0.4, 0.5) is 13.2 Å². The number of halogens is 3. The van der Waals surface area contributed by atoms with Crippen molar-refractivity contribution in [3.8, 4) is 11.8 Å². The maximum Gasteiger partial charge on any atom is 0.416 e. The van der Waals surface area contributed by atoms with Gasteiger partial charge < -0.3 is 4.74 Å². The Hall–Kier alpha value is -2.40. The molecule has 1 aliphatic rings. The number of aromatic nitrogens is 3. The van der Waals surface area contributed by atoms with E-state index in [1.807, 2.05) is 6.07 Å². The van der Waals surface area contributed by atoms with E-state index in [9.17, 15) is 13.2 Å². The molecular weight excluding hydrogens is 297 g/mol. The molecule has 0 N–H and O–H groups in total. The Labute approximate surface area is 123 Å². The lowest BCUT2D eigenvalue weighted by Crippen LogP contribution is -2.10. The van der Waals surface area contributed by atoms with Crippen LogP contribution >= 0.6 is 0 Å². The monoisotopic (exact) mass is 308 g/mol. The largest absolute Gasteiger partial charge is 0.416 e. The van der Waals surface area contributed by atoms with Crippen LogP contribution in [0, 0.1) is 11.3 Å². The first-order valence-corrected chi connectivity index (χ1v) is 6.65. The zero-order chi connectivity index (χ0) is 15.7. The molecule has 114 valence electrons. The first kappa shape index (κ1) is 14.5. The number of rotatable bonds is 2. The lowest BCUT2D eigenvalue weighted by atomic mass is 10.1. The summed E-state index contributed by atoms with van der Waals surface area (Å²) in [6, 6.07) is 6.66. The molecular formula is C14H11F3N4O. The number of ether oxygens (including phenoxy) is 1. The zero-order valence-electron chi connectivity index (χ0n) is 11.3. The maximum absolute atomic E-state index is 12.8. The van der Waals surface area contributed by atoms with Crippen molar-refractivity contribution in [1.82, 2.24) is 15.0 Å². The number of hydrogen-bond acceptors (Lipinski definition) is 4. The molecule has 0 saturated carbocycles. The van der Waals surface area contributed by atoms with E-state index in [1.165, 1.54) is 16.8 Å². The Balaban J connectivity index is 2.09. The van der Waals surface area contributed by atoms with Gasteiger partial charge in [0.25, 0.3) is 0 Å². The third-order valence-electron chi connectivity index (χ3n) is 3.46. The van der Waals surface area contributed by atoms with E-state index in [0.29, 0.717) is 18.7 Å². The molecule has 2 heterocycles. The van der Waals surface area contributed by atoms with E-state index in [4.69, 9.17) is 10.00 Å². The summed E-state index contributed by atoms with van der Waals surface area (Å²) < 4.78 is 45.3. The number of alkyl halides is 3. The van der Waals surface area contributed by atoms with Crippen LogP contribution in [-0.2, 0) is 10.9 Å². The fraction of sp³-hybridized carbons (Fsp3) is 0.357. The van der Waals surface area contributed by atoms with Crippen LogP contribution in [-0.4, -0.2) is 21.6 Å². The third kappa shape index (κ3) is 2.55. The molecule has 1 saturated heterocycles. The summed E-state index contributed by atoms with van der Waals surface area (Å²) >= 11 is 0. The Kier molecular flexibility index (Phi) is 3.58. The first-order chi connectivity index (χ1) is 10.5. The number of hydrogen-bond donors (Lipinski definition) is 0. The maximum atomic E-state index is 12.8. The van der Waals surface area contributed by atoms with Gasteiger partial charge in [0, 0.05) is 6.61 Å². The van der Waals surface area contributed by atoms with Crippen molar-refractivity contribution in [2.75, 3.05) is 6.61 Å². The fourth-order valence-corrected chi connectivity index (χ4v) is 2.46. The van der Waals surface area contributed by atoms with Gasteiger partial charge in [0.15, 0.2) is 5.69 Å². The summed E-state index contributed by atoms with van der Waals surface area (Å²) in [5.41, 5.74) is -0.102. The van der Waals surface area contributed by atoms with Gasteiger partial charge in [0.05, 0.1) is 11.3 Å². The standard InChI is InChI=1S/C14H11F3N4O/c15-14(16,17)9-3-1-4-10(7-9)21-13(11(8-18)19-20-21)12-5-2-6-22-12/h1,3-4,7,12H,2,5-6H2. The van der Waals surface area contributed by atoms with E-state index in [2.05, 4.69) is 10.3 Å². The molecule has 1 atom stereocenters. The lowest BCUT2D eigenvalue weighted by Gasteiger charge is -2.13. The van der Waals surface area contributed by atoms with Crippen LogP contribution in [0.2, 0.25) is 0 Å². The third-order valence-corrected chi connectivity index (χ3v) is 3.46. The van der Waals surface area contributed by atoms with Crippen LogP contribution in [0.5, 0.6) is 0 Å². The normalized spacial score (nSPS) is 18.4. The van der Waals surface area contributed by atoms with Crippen molar-refractivity contribution >= 4 is 0 Å². The summed E-state index contributed by atoms with van der Waals surface area (Å²) in [6.45, 7) is 0.545. The van der Waals surface area contributed by atoms with Crippen LogP contribution < -0.4 is 0 Å². The summed E-state index contributed by atoms with van der Waals surface area (Å²) in [5.74, 6) is 0. The highest BCUT2D eigenvalue weighted by Crippen LogP contribution is 2.33. The minimum atomic E-state index is -4.45. The highest BCUT2D eigenvalue weighted by molar-refractivity contribution is 5.40. The number of nitriles is 1. The van der Waals surface area contributed by atoms with E-state index in [1.54, 1.807) is 0 Å². The molecule has 1 aliphatic heterocycles. The van der Waals surface area contributed by atoms with Gasteiger partial charge in [0.1, 0.15) is 17.9 Å². The second-order valence-corrected chi connectivity index (χ2v) is 4.90. The van der Waals surface area contributed by atoms with Gasteiger partial charge in [-0.3, -0.25) is 0 Å². The van der Waals surface area contributed by atoms with Gasteiger partial charge in [-0.2, -0.15) is 18.4 Å². The van der Waals surface area contributed by atoms with Crippen molar-refractivity contribution in [2.24, 2.45) is 0 Å². The summed E-state index contributed by atoms with van der Waals surface area (Å²) in [4.78, 5) is 0. The van der Waals surface area contributed by atoms with Crippen molar-refractivity contribution in [3.63, 3.8) is 0 Å². The van der Waals surface area contributed by atoms with Gasteiger partial charge in [-0.1, -0.05) is 11.3 Å². The van der Waals surface area contributed by atoms with Crippen LogP contribution in [0.15, 0.2) is 24.3 Å². The Morgan fingerprint density at radius 2 is 2.18 bits per heavy atom. The predicted molar refractivity (Wildman–Crippen MR) is 69.0 cm³/mol. The van der Waals surface area contributed by atoms with Crippen molar-refractivity contribution < 1.29 is 17.9 Å². The van der Waals surface area contributed by atoms with E-state index < -0.39 is 11.7 Å². The fourth-order valence-electron chi connectivity index (χ4n) is 2.46. The zero-order valence-corrected chi connectivity index (χ0v) is 11.3. The van der Waals surface area contributed by atoms with Gasteiger partial charge in [-0.25, -0.2) is 4.68 Å². The first-order valence-electron chi connectivity index (χ1n) is 6.65. The molecule has 1 aromatic carbocycles. The molecule has 3 rings (SSSR count). The smallest absolute Gasteiger partial charge is 0.372 e. The topological polar surface area (TPSA) is 63.7 Å². The molecule has 5 nitrogen and oxygen atoms in total. The molecule has 0 bridgehead atoms. The molecule has 1 aromatic heterocycles. The molecule has 0 aliphatic carbocycles. The molecule has 1 unspecified atom stereocenters. The lowest BCUT2D eigenvalue weighted by molar-refractivity contribution is -0.137. The number of nitrogens with zero attached hydrogens (tertiary/aromatic N) is 4. The van der Waals surface area contributed by atoms with Gasteiger partial charge in [-0.05, 0) is 31.0 Å². The molecule has 0 spiro atoms. The SMILES string of the molecule is N#Cc1nnn(-c2cccc(C(F)(F)F)c2)c1C1CCCO1. The average molecular weight is 308 g/mol. The predicted octanol–water partition coefficient (Wildman–Crippen LogP) is 3.01. The van der Waals surface area contributed by atoms with Gasteiger partial charge in [0.2, 0.25) is 0 Å². The highest BCUT2D eigenvalue weighted by Gasteiger charge is 2.32. The summed E-state index contributed by atoms with van der Waals surface area (Å²) in [7, 11) is 0. The average Bonchev–Trinajstić information content (AvgIpc) is 3.15. The summed E-state index contributed by atoms with van der Waals surface area (Å²) in [5, 5.41) is 16.7. The highest BCUT2D eigenvalue weighted by atomic mass is 19.4. The molecule has 0 radical (unpaired) electrons. The minimum Gasteiger partial charge on any atom is -0.372 e. The molecule has 1 fully saturated rings. The van der Waals surface area contributed by atoms with Gasteiger partial charge >= 0.3 is 6.18 Å². The van der Waals surface area contributed by atoms with Gasteiger partial charge in [-0.15, -0.1) is 5.10 Å². The molecule has 0 amide bonds. The van der Waals surface area contributed by atoms with E-state index in [-0.39, 0.29) is 17.5 Å². The van der Waals surface area contributed by atoms with E-state index in [0.717, 1.165) is 18.6 Å². The number of benzene rings is 1. The van der Waals surface area contributed by atoms with Crippen LogP contribution in [0.3, 0.4) is 0 Å². The van der Waals surface area contributed by atoms with E-state index >= 15 is 0 Å². The Morgan fingerprint density at radius 1 is 1.36 bits per heavy atom. The molecule has 8 heteroatoms.